The lowest BCUT2D eigenvalue weighted by Crippen LogP contribution is -2.37. The molecule has 3 N–H and O–H groups in total. The van der Waals surface area contributed by atoms with Gasteiger partial charge in [0.15, 0.2) is 0 Å². The van der Waals surface area contributed by atoms with Gasteiger partial charge in [-0.1, -0.05) is 54.6 Å². The van der Waals surface area contributed by atoms with E-state index in [0.717, 1.165) is 28.7 Å². The number of carbonyl (C=O) groups is 2. The van der Waals surface area contributed by atoms with Crippen LogP contribution in [0.1, 0.15) is 27.0 Å². The number of nitrogens with two attached hydrogens (primary N) is 1. The number of primary amides is 1. The lowest BCUT2D eigenvalue weighted by molar-refractivity contribution is -0.0286. The van der Waals surface area contributed by atoms with Crippen LogP contribution in [0.5, 0.6) is 0 Å². The molecule has 2 aromatic carbocycles. The molecule has 2 aromatic rings. The van der Waals surface area contributed by atoms with Gasteiger partial charge in [-0.3, -0.25) is 10.0 Å². The Labute approximate surface area is 152 Å². The number of amides is 3. The topological polar surface area (TPSA) is 86.9 Å². The molecule has 0 bridgehead atoms. The molecule has 0 saturated carbocycles. The summed E-state index contributed by atoms with van der Waals surface area (Å²) in [6.07, 6.45) is 4.22. The molecule has 3 rings (SSSR count). The quantitative estimate of drug-likeness (QED) is 0.641. The van der Waals surface area contributed by atoms with Gasteiger partial charge in [0.05, 0.1) is 6.54 Å². The van der Waals surface area contributed by atoms with Gasteiger partial charge < -0.3 is 10.6 Å². The molecule has 0 saturated heterocycles. The fraction of sp³-hybridized carbons (Fsp3) is 0.200. The van der Waals surface area contributed by atoms with E-state index in [1.54, 1.807) is 12.2 Å². The number of urea groups is 1. The second kappa shape index (κ2) is 7.84. The van der Waals surface area contributed by atoms with Gasteiger partial charge in [0.25, 0.3) is 5.91 Å². The summed E-state index contributed by atoms with van der Waals surface area (Å²) in [7, 11) is 0. The zero-order valence-corrected chi connectivity index (χ0v) is 14.3. The maximum Gasteiger partial charge on any atom is 0.338 e. The van der Waals surface area contributed by atoms with Crippen LogP contribution in [0.25, 0.3) is 6.08 Å². The highest BCUT2D eigenvalue weighted by Gasteiger charge is 2.24. The van der Waals surface area contributed by atoms with E-state index in [1.807, 2.05) is 53.4 Å². The summed E-state index contributed by atoms with van der Waals surface area (Å²) in [6, 6.07) is 14.7. The van der Waals surface area contributed by atoms with Crippen LogP contribution < -0.4 is 5.73 Å². The van der Waals surface area contributed by atoms with Crippen LogP contribution in [0.2, 0.25) is 0 Å². The largest absolute Gasteiger partial charge is 0.350 e. The molecule has 0 unspecified atom stereocenters. The molecule has 0 aliphatic carbocycles. The molecule has 1 aliphatic heterocycles. The van der Waals surface area contributed by atoms with Crippen molar-refractivity contribution in [2.24, 2.45) is 5.73 Å². The zero-order chi connectivity index (χ0) is 18.5. The van der Waals surface area contributed by atoms with Crippen LogP contribution in [-0.2, 0) is 13.0 Å². The van der Waals surface area contributed by atoms with Crippen molar-refractivity contribution < 1.29 is 14.8 Å². The van der Waals surface area contributed by atoms with E-state index in [-0.39, 0.29) is 12.5 Å². The molecule has 0 atom stereocenters. The molecule has 3 amide bonds. The molecule has 0 spiro atoms. The lowest BCUT2D eigenvalue weighted by atomic mass is 9.96. The molecule has 134 valence electrons. The van der Waals surface area contributed by atoms with Crippen molar-refractivity contribution in [2.45, 2.75) is 13.0 Å². The van der Waals surface area contributed by atoms with Crippen molar-refractivity contribution in [3.8, 4) is 0 Å². The molecule has 1 aliphatic rings. The number of benzene rings is 2. The molecular weight excluding hydrogens is 330 g/mol. The number of carbonyl (C=O) groups excluding carboxylic acids is 2. The average molecular weight is 351 g/mol. The van der Waals surface area contributed by atoms with Crippen LogP contribution in [0.15, 0.2) is 54.6 Å². The molecule has 0 fully saturated rings. The molecule has 26 heavy (non-hydrogen) atoms. The van der Waals surface area contributed by atoms with E-state index in [2.05, 4.69) is 0 Å². The van der Waals surface area contributed by atoms with Gasteiger partial charge in [0.1, 0.15) is 0 Å². The zero-order valence-electron chi connectivity index (χ0n) is 14.3. The molecular formula is C20H21N3O3. The van der Waals surface area contributed by atoms with Crippen LogP contribution in [-0.4, -0.2) is 40.2 Å². The predicted molar refractivity (Wildman–Crippen MR) is 98.4 cm³/mol. The number of hydrogen-bond donors (Lipinski definition) is 2. The summed E-state index contributed by atoms with van der Waals surface area (Å²) < 4.78 is 0. The third-order valence-corrected chi connectivity index (χ3v) is 4.36. The Morgan fingerprint density at radius 2 is 2.00 bits per heavy atom. The molecule has 1 heterocycles. The first-order valence-electron chi connectivity index (χ1n) is 8.43. The highest BCUT2D eigenvalue weighted by atomic mass is 16.5. The molecule has 0 aromatic heterocycles. The van der Waals surface area contributed by atoms with Crippen LogP contribution in [0, 0.1) is 0 Å². The summed E-state index contributed by atoms with van der Waals surface area (Å²) in [5.41, 5.74) is 8.72. The van der Waals surface area contributed by atoms with E-state index in [4.69, 9.17) is 5.73 Å². The maximum absolute atomic E-state index is 12.7. The van der Waals surface area contributed by atoms with Crippen LogP contribution >= 0.6 is 0 Å². The van der Waals surface area contributed by atoms with Crippen molar-refractivity contribution in [1.82, 2.24) is 9.96 Å². The van der Waals surface area contributed by atoms with E-state index >= 15 is 0 Å². The number of hydrogen-bond acceptors (Lipinski definition) is 3. The molecule has 0 radical (unpaired) electrons. The SMILES string of the molecule is NC(=O)N(O)CC=Cc1ccc2c(c1)CCN(Cc1ccccc1)C2=O. The van der Waals surface area contributed by atoms with Gasteiger partial charge in [-0.2, -0.15) is 0 Å². The summed E-state index contributed by atoms with van der Waals surface area (Å²) >= 11 is 0. The third-order valence-electron chi connectivity index (χ3n) is 4.36. The van der Waals surface area contributed by atoms with Crippen molar-refractivity contribution in [3.63, 3.8) is 0 Å². The van der Waals surface area contributed by atoms with Crippen molar-refractivity contribution >= 4 is 18.0 Å². The Hall–Kier alpha value is -3.12. The fourth-order valence-electron chi connectivity index (χ4n) is 2.99. The number of nitrogens with zero attached hydrogens (tertiary/aromatic N) is 2. The standard InChI is InChI=1S/C20H21N3O3/c21-20(25)23(26)11-4-7-15-8-9-18-17(13-15)10-12-22(19(18)24)14-16-5-2-1-3-6-16/h1-9,13,26H,10-12,14H2,(H2,21,25). The Kier molecular flexibility index (Phi) is 5.34. The summed E-state index contributed by atoms with van der Waals surface area (Å²) in [6.45, 7) is 1.30. The van der Waals surface area contributed by atoms with E-state index in [0.29, 0.717) is 18.2 Å². The number of fused-ring (bicyclic) bond motifs is 1. The lowest BCUT2D eigenvalue weighted by Gasteiger charge is -2.29. The monoisotopic (exact) mass is 351 g/mol. The summed E-state index contributed by atoms with van der Waals surface area (Å²) in [4.78, 5) is 25.3. The summed E-state index contributed by atoms with van der Waals surface area (Å²) in [5.74, 6) is 0.0425. The first-order valence-corrected chi connectivity index (χ1v) is 8.43. The van der Waals surface area contributed by atoms with Gasteiger partial charge in [-0.25, -0.2) is 9.86 Å². The molecule has 6 nitrogen and oxygen atoms in total. The van der Waals surface area contributed by atoms with Crippen molar-refractivity contribution in [1.29, 1.82) is 0 Å². The minimum atomic E-state index is -0.899. The summed E-state index contributed by atoms with van der Waals surface area (Å²) in [5, 5.41) is 9.67. The second-order valence-electron chi connectivity index (χ2n) is 6.20. The highest BCUT2D eigenvalue weighted by molar-refractivity contribution is 5.97. The van der Waals surface area contributed by atoms with Crippen molar-refractivity contribution in [2.75, 3.05) is 13.1 Å². The minimum absolute atomic E-state index is 0.0101. The third kappa shape index (κ3) is 4.10. The number of rotatable bonds is 5. The Bertz CT molecular complexity index is 833. The van der Waals surface area contributed by atoms with E-state index in [1.165, 1.54) is 0 Å². The maximum atomic E-state index is 12.7. The Morgan fingerprint density at radius 3 is 2.73 bits per heavy atom. The van der Waals surface area contributed by atoms with E-state index < -0.39 is 6.03 Å². The first kappa shape index (κ1) is 17.7. The smallest absolute Gasteiger partial charge is 0.338 e. The van der Waals surface area contributed by atoms with Gasteiger partial charge in [-0.05, 0) is 29.2 Å². The Morgan fingerprint density at radius 1 is 1.23 bits per heavy atom. The van der Waals surface area contributed by atoms with Gasteiger partial charge in [-0.15, -0.1) is 0 Å². The van der Waals surface area contributed by atoms with Gasteiger partial charge in [0, 0.05) is 18.7 Å². The fourth-order valence-corrected chi connectivity index (χ4v) is 2.99. The van der Waals surface area contributed by atoms with Gasteiger partial charge in [0.2, 0.25) is 0 Å². The van der Waals surface area contributed by atoms with Crippen LogP contribution in [0.4, 0.5) is 4.79 Å². The van der Waals surface area contributed by atoms with Gasteiger partial charge >= 0.3 is 6.03 Å². The van der Waals surface area contributed by atoms with E-state index in [9.17, 15) is 14.8 Å². The van der Waals surface area contributed by atoms with Crippen LogP contribution in [0.3, 0.4) is 0 Å². The normalized spacial score (nSPS) is 13.7. The van der Waals surface area contributed by atoms with Crippen molar-refractivity contribution in [3.05, 3.63) is 76.9 Å². The predicted octanol–water partition coefficient (Wildman–Crippen LogP) is 2.67. The minimum Gasteiger partial charge on any atom is -0.350 e. The average Bonchev–Trinajstić information content (AvgIpc) is 2.65. The Balaban J connectivity index is 1.69. The number of hydroxylamine groups is 2. The molecule has 6 heteroatoms. The second-order valence-corrected chi connectivity index (χ2v) is 6.20. The first-order chi connectivity index (χ1) is 12.5. The highest BCUT2D eigenvalue weighted by Crippen LogP contribution is 2.22.